The summed E-state index contributed by atoms with van der Waals surface area (Å²) in [7, 11) is 0. The number of nitrogens with one attached hydrogen (secondary N) is 1. The maximum atomic E-state index is 12.2. The first-order valence-electron chi connectivity index (χ1n) is 7.46. The average Bonchev–Trinajstić information content (AvgIpc) is 2.85. The van der Waals surface area contributed by atoms with Crippen LogP contribution in [0.15, 0.2) is 18.3 Å². The van der Waals surface area contributed by atoms with Crippen molar-refractivity contribution < 1.29 is 19.1 Å². The predicted molar refractivity (Wildman–Crippen MR) is 90.5 cm³/mol. The van der Waals surface area contributed by atoms with Gasteiger partial charge in [-0.3, -0.25) is 10.1 Å². The van der Waals surface area contributed by atoms with Crippen molar-refractivity contribution in [2.24, 2.45) is 0 Å². The van der Waals surface area contributed by atoms with E-state index in [2.05, 4.69) is 15.3 Å². The largest absolute Gasteiger partial charge is 0.477 e. The number of aromatic nitrogens is 2. The highest BCUT2D eigenvalue weighted by Gasteiger charge is 2.22. The van der Waals surface area contributed by atoms with Gasteiger partial charge < -0.3 is 9.47 Å². The molecule has 1 N–H and O–H groups in total. The fourth-order valence-corrected chi connectivity index (χ4v) is 2.63. The number of ether oxygens (including phenoxy) is 2. The summed E-state index contributed by atoms with van der Waals surface area (Å²) in [5.74, 6) is -0.927. The second kappa shape index (κ2) is 7.87. The molecule has 128 valence electrons. The summed E-state index contributed by atoms with van der Waals surface area (Å²) in [6.45, 7) is 7.44. The van der Waals surface area contributed by atoms with E-state index in [4.69, 9.17) is 9.47 Å². The van der Waals surface area contributed by atoms with Crippen molar-refractivity contribution in [2.45, 2.75) is 33.8 Å². The van der Waals surface area contributed by atoms with Crippen molar-refractivity contribution in [3.8, 4) is 5.88 Å². The number of thiazole rings is 1. The highest BCUT2D eigenvalue weighted by Crippen LogP contribution is 2.21. The first kappa shape index (κ1) is 17.9. The van der Waals surface area contributed by atoms with Crippen LogP contribution in [0.1, 0.15) is 34.8 Å². The predicted octanol–water partition coefficient (Wildman–Crippen LogP) is 2.74. The summed E-state index contributed by atoms with van der Waals surface area (Å²) in [4.78, 5) is 33.6. The number of hydrogen-bond donors (Lipinski definition) is 1. The lowest BCUT2D eigenvalue weighted by molar-refractivity contribution is -0.123. The molecule has 0 aliphatic heterocycles. The molecular formula is C16H19N3O4S. The number of carbonyl (C=O) groups excluding carboxylic acids is 2. The molecule has 0 spiro atoms. The molecule has 0 bridgehead atoms. The Morgan fingerprint density at radius 3 is 2.75 bits per heavy atom. The first-order valence-corrected chi connectivity index (χ1v) is 8.27. The van der Waals surface area contributed by atoms with Crippen molar-refractivity contribution in [1.29, 1.82) is 0 Å². The number of aryl methyl sites for hydroxylation is 2. The smallest absolute Gasteiger partial charge is 0.344 e. The molecule has 0 aliphatic rings. The Labute approximate surface area is 144 Å². The van der Waals surface area contributed by atoms with Gasteiger partial charge in [-0.2, -0.15) is 0 Å². The maximum absolute atomic E-state index is 12.2. The molecule has 2 heterocycles. The highest BCUT2D eigenvalue weighted by atomic mass is 32.1. The van der Waals surface area contributed by atoms with Gasteiger partial charge in [0.05, 0.1) is 12.3 Å². The van der Waals surface area contributed by atoms with Crippen LogP contribution in [-0.4, -0.2) is 34.6 Å². The van der Waals surface area contributed by atoms with E-state index in [1.54, 1.807) is 19.1 Å². The molecular weight excluding hydrogens is 330 g/mol. The van der Waals surface area contributed by atoms with Crippen LogP contribution in [0.25, 0.3) is 0 Å². The van der Waals surface area contributed by atoms with Crippen molar-refractivity contribution >= 4 is 28.3 Å². The van der Waals surface area contributed by atoms with Crippen LogP contribution in [0.2, 0.25) is 0 Å². The summed E-state index contributed by atoms with van der Waals surface area (Å²) in [6.07, 6.45) is 0.544. The average molecular weight is 349 g/mol. The molecule has 0 aliphatic carbocycles. The van der Waals surface area contributed by atoms with E-state index in [0.29, 0.717) is 11.7 Å². The minimum absolute atomic E-state index is 0.180. The van der Waals surface area contributed by atoms with E-state index in [1.807, 2.05) is 13.8 Å². The van der Waals surface area contributed by atoms with Gasteiger partial charge in [-0.1, -0.05) is 0 Å². The third-order valence-corrected chi connectivity index (χ3v) is 4.17. The van der Waals surface area contributed by atoms with E-state index in [9.17, 15) is 9.59 Å². The highest BCUT2D eigenvalue weighted by molar-refractivity contribution is 7.15. The lowest BCUT2D eigenvalue weighted by Gasteiger charge is -2.13. The van der Waals surface area contributed by atoms with Gasteiger partial charge in [-0.25, -0.2) is 14.8 Å². The van der Waals surface area contributed by atoms with Gasteiger partial charge >= 0.3 is 5.97 Å². The summed E-state index contributed by atoms with van der Waals surface area (Å²) in [5.41, 5.74) is 1.04. The Hall–Kier alpha value is -2.48. The Kier molecular flexibility index (Phi) is 5.86. The molecule has 0 fully saturated rings. The molecule has 0 aromatic carbocycles. The first-order chi connectivity index (χ1) is 11.4. The fourth-order valence-electron chi connectivity index (χ4n) is 1.81. The van der Waals surface area contributed by atoms with Gasteiger partial charge in [0, 0.05) is 11.1 Å². The zero-order valence-electron chi connectivity index (χ0n) is 14.0. The van der Waals surface area contributed by atoms with E-state index in [-0.39, 0.29) is 11.4 Å². The molecule has 2 aromatic rings. The summed E-state index contributed by atoms with van der Waals surface area (Å²) in [6, 6.07) is 3.14. The van der Waals surface area contributed by atoms with E-state index in [1.165, 1.54) is 24.5 Å². The zero-order valence-corrected chi connectivity index (χ0v) is 14.8. The number of esters is 1. The van der Waals surface area contributed by atoms with Crippen molar-refractivity contribution in [3.63, 3.8) is 0 Å². The Morgan fingerprint density at radius 2 is 2.12 bits per heavy atom. The van der Waals surface area contributed by atoms with Crippen LogP contribution in [0.4, 0.5) is 5.13 Å². The number of nitrogens with zero attached hydrogens (tertiary/aromatic N) is 2. The van der Waals surface area contributed by atoms with Crippen molar-refractivity contribution in [3.05, 3.63) is 34.5 Å². The fraction of sp³-hybridized carbons (Fsp3) is 0.375. The topological polar surface area (TPSA) is 90.4 Å². The molecule has 0 saturated carbocycles. The molecule has 0 unspecified atom stereocenters. The molecule has 0 radical (unpaired) electrons. The molecule has 1 amide bonds. The SMILES string of the molecule is CCOc1ncccc1C(=O)O[C@@H](C)C(=O)Nc1nc(C)c(C)s1. The normalized spacial score (nSPS) is 11.7. The van der Waals surface area contributed by atoms with Crippen LogP contribution in [0.5, 0.6) is 5.88 Å². The standard InChI is InChI=1S/C16H19N3O4S/c1-5-22-14-12(7-6-8-17-14)15(21)23-10(3)13(20)19-16-18-9(2)11(4)24-16/h6-8,10H,5H2,1-4H3,(H,18,19,20)/t10-/m0/s1. The Bertz CT molecular complexity index is 725. The molecule has 0 saturated heterocycles. The quantitative estimate of drug-likeness (QED) is 0.807. The monoisotopic (exact) mass is 349 g/mol. The molecule has 7 nitrogen and oxygen atoms in total. The summed E-state index contributed by atoms with van der Waals surface area (Å²) < 4.78 is 10.5. The number of carbonyl (C=O) groups is 2. The number of hydrogen-bond acceptors (Lipinski definition) is 7. The van der Waals surface area contributed by atoms with Crippen LogP contribution in [-0.2, 0) is 9.53 Å². The molecule has 24 heavy (non-hydrogen) atoms. The van der Waals surface area contributed by atoms with E-state index >= 15 is 0 Å². The zero-order chi connectivity index (χ0) is 17.7. The van der Waals surface area contributed by atoms with Crippen molar-refractivity contribution in [2.75, 3.05) is 11.9 Å². The molecule has 1 atom stereocenters. The van der Waals surface area contributed by atoms with Gasteiger partial charge in [-0.15, -0.1) is 11.3 Å². The van der Waals surface area contributed by atoms with Gasteiger partial charge in [-0.05, 0) is 39.8 Å². The van der Waals surface area contributed by atoms with Crippen LogP contribution in [0.3, 0.4) is 0 Å². The third kappa shape index (κ3) is 4.29. The summed E-state index contributed by atoms with van der Waals surface area (Å²) in [5, 5.41) is 3.13. The third-order valence-electron chi connectivity index (χ3n) is 3.18. The summed E-state index contributed by atoms with van der Waals surface area (Å²) >= 11 is 1.37. The maximum Gasteiger partial charge on any atom is 0.344 e. The minimum atomic E-state index is -0.975. The van der Waals surface area contributed by atoms with Crippen LogP contribution >= 0.6 is 11.3 Å². The van der Waals surface area contributed by atoms with Gasteiger partial charge in [0.25, 0.3) is 5.91 Å². The second-order valence-corrected chi connectivity index (χ2v) is 6.19. The van der Waals surface area contributed by atoms with E-state index < -0.39 is 18.0 Å². The van der Waals surface area contributed by atoms with Gasteiger partial charge in [0.15, 0.2) is 11.2 Å². The van der Waals surface area contributed by atoms with Crippen LogP contribution in [0, 0.1) is 13.8 Å². The molecule has 2 rings (SSSR count). The van der Waals surface area contributed by atoms with Crippen LogP contribution < -0.4 is 10.1 Å². The number of anilines is 1. The lowest BCUT2D eigenvalue weighted by atomic mass is 10.2. The van der Waals surface area contributed by atoms with E-state index in [0.717, 1.165) is 10.6 Å². The van der Waals surface area contributed by atoms with Gasteiger partial charge in [0.1, 0.15) is 5.56 Å². The lowest BCUT2D eigenvalue weighted by Crippen LogP contribution is -2.30. The number of pyridine rings is 1. The van der Waals surface area contributed by atoms with Crippen molar-refractivity contribution in [1.82, 2.24) is 9.97 Å². The van der Waals surface area contributed by atoms with Gasteiger partial charge in [0.2, 0.25) is 5.88 Å². The Morgan fingerprint density at radius 1 is 1.38 bits per heavy atom. The molecule has 2 aromatic heterocycles. The minimum Gasteiger partial charge on any atom is -0.477 e. The second-order valence-electron chi connectivity index (χ2n) is 4.99. The Balaban J connectivity index is 2.01. The number of amides is 1. The number of rotatable bonds is 6. The molecule has 8 heteroatoms.